The zero-order valence-corrected chi connectivity index (χ0v) is 20.6. The molecule has 2 bridgehead atoms. The summed E-state index contributed by atoms with van der Waals surface area (Å²) in [6.45, 7) is 0.783. The molecular weight excluding hydrogens is 461 g/mol. The van der Waals surface area contributed by atoms with E-state index in [1.165, 1.54) is 12.8 Å². The minimum atomic E-state index is -1.10. The summed E-state index contributed by atoms with van der Waals surface area (Å²) in [6, 6.07) is -0.148. The summed E-state index contributed by atoms with van der Waals surface area (Å²) in [5.41, 5.74) is -1.07. The lowest BCUT2D eigenvalue weighted by Gasteiger charge is -2.56. The van der Waals surface area contributed by atoms with E-state index in [-0.39, 0.29) is 37.0 Å². The van der Waals surface area contributed by atoms with Crippen LogP contribution in [0.25, 0.3) is 0 Å². The number of ether oxygens (including phenoxy) is 1. The quantitative estimate of drug-likeness (QED) is 0.403. The molecule has 192 valence electrons. The van der Waals surface area contributed by atoms with Crippen molar-refractivity contribution in [3.05, 3.63) is 0 Å². The van der Waals surface area contributed by atoms with Gasteiger partial charge in [0.15, 0.2) is 0 Å². The zero-order valence-electron chi connectivity index (χ0n) is 19.9. The van der Waals surface area contributed by atoms with Crippen molar-refractivity contribution in [3.8, 4) is 0 Å². The molecule has 6 aliphatic rings. The first-order chi connectivity index (χ1) is 16.3. The van der Waals surface area contributed by atoms with Crippen LogP contribution in [-0.4, -0.2) is 70.9 Å². The van der Waals surface area contributed by atoms with Crippen LogP contribution in [0, 0.1) is 11.8 Å². The van der Waals surface area contributed by atoms with Gasteiger partial charge in [-0.25, -0.2) is 4.39 Å². The molecule has 6 fully saturated rings. The number of hydrogen-bond donors (Lipinski definition) is 4. The molecule has 5 saturated carbocycles. The number of fused-ring (bicyclic) bond motifs is 3. The highest BCUT2D eigenvalue weighted by molar-refractivity contribution is 6.21. The maximum Gasteiger partial charge on any atom is 0.246 e. The summed E-state index contributed by atoms with van der Waals surface area (Å²) < 4.78 is 19.5. The van der Waals surface area contributed by atoms with Crippen molar-refractivity contribution in [2.45, 2.75) is 118 Å². The number of carbonyl (C=O) groups is 2. The number of rotatable bonds is 7. The molecule has 34 heavy (non-hydrogen) atoms. The van der Waals surface area contributed by atoms with Gasteiger partial charge in [0.25, 0.3) is 0 Å². The van der Waals surface area contributed by atoms with Gasteiger partial charge < -0.3 is 25.8 Å². The van der Waals surface area contributed by atoms with E-state index in [1.807, 2.05) is 0 Å². The number of piperidine rings is 1. The Balaban J connectivity index is 1.08. The third-order valence-electron chi connectivity index (χ3n) is 9.25. The van der Waals surface area contributed by atoms with Crippen molar-refractivity contribution in [1.82, 2.24) is 16.0 Å². The van der Waals surface area contributed by atoms with E-state index in [9.17, 15) is 19.1 Å². The van der Waals surface area contributed by atoms with Crippen molar-refractivity contribution in [1.29, 1.82) is 0 Å². The monoisotopic (exact) mass is 499 g/mol. The summed E-state index contributed by atoms with van der Waals surface area (Å²) in [5.74, 6) is 1.34. The number of aliphatic hydroxyl groups is 1. The third kappa shape index (κ3) is 5.25. The molecule has 0 aromatic rings. The number of carbonyl (C=O) groups excluding carboxylic acids is 2. The predicted octanol–water partition coefficient (Wildman–Crippen LogP) is 2.33. The van der Waals surface area contributed by atoms with Gasteiger partial charge in [-0.3, -0.25) is 9.59 Å². The Bertz CT molecular complexity index is 765. The molecule has 0 aromatic carbocycles. The molecule has 5 aliphatic carbocycles. The minimum absolute atomic E-state index is 0.0473. The van der Waals surface area contributed by atoms with Crippen LogP contribution in [0.2, 0.25) is 0 Å². The Hall–Kier alpha value is -0.960. The number of hydrogen-bond acceptors (Lipinski definition) is 5. The Kier molecular flexibility index (Phi) is 7.15. The highest BCUT2D eigenvalue weighted by Crippen LogP contribution is 2.47. The summed E-state index contributed by atoms with van der Waals surface area (Å²) in [6.07, 6.45) is 7.09. The highest BCUT2D eigenvalue weighted by Gasteiger charge is 2.55. The Morgan fingerprint density at radius 3 is 2.38 bits per heavy atom. The summed E-state index contributed by atoms with van der Waals surface area (Å²) in [5, 5.41) is 20.3. The zero-order chi connectivity index (χ0) is 23.9. The van der Waals surface area contributed by atoms with E-state index in [0.29, 0.717) is 32.1 Å². The van der Waals surface area contributed by atoms with Crippen LogP contribution < -0.4 is 16.0 Å². The van der Waals surface area contributed by atoms with Gasteiger partial charge in [-0.15, -0.1) is 11.6 Å². The lowest BCUT2D eigenvalue weighted by Crippen LogP contribution is -2.71. The second kappa shape index (κ2) is 9.83. The first-order valence-corrected chi connectivity index (χ1v) is 13.7. The standard InChI is InChI=1S/C25H39ClFN3O4/c26-18-5-4-17(11-19(18)27)34-14-22(32)29-25-9-7-24(8-10-25,12-21(25)31)30-23(33)20-6-3-16(13-28-20)15-1-2-15/h15-21,28,31H,1-14H2,(H,29,32)(H,30,33). The molecule has 9 heteroatoms. The molecule has 1 aliphatic heterocycles. The number of halogens is 2. The molecule has 2 amide bonds. The van der Waals surface area contributed by atoms with Gasteiger partial charge >= 0.3 is 0 Å². The summed E-state index contributed by atoms with van der Waals surface area (Å²) in [4.78, 5) is 25.6. The van der Waals surface area contributed by atoms with E-state index >= 15 is 0 Å². The smallest absolute Gasteiger partial charge is 0.246 e. The van der Waals surface area contributed by atoms with Gasteiger partial charge in [0.05, 0.1) is 29.2 Å². The number of alkyl halides is 2. The van der Waals surface area contributed by atoms with Gasteiger partial charge in [0.2, 0.25) is 11.8 Å². The van der Waals surface area contributed by atoms with Crippen LogP contribution in [-0.2, 0) is 14.3 Å². The van der Waals surface area contributed by atoms with E-state index in [4.69, 9.17) is 16.3 Å². The molecule has 7 nitrogen and oxygen atoms in total. The topological polar surface area (TPSA) is 99.7 Å². The fraction of sp³-hybridized carbons (Fsp3) is 0.920. The SMILES string of the molecule is O=C(COC1CCC(Cl)C(F)C1)NC12CCC(NC(=O)C3CCC(C4CC4)CN3)(CC1)CC2O. The van der Waals surface area contributed by atoms with Gasteiger partial charge in [-0.2, -0.15) is 0 Å². The van der Waals surface area contributed by atoms with Crippen molar-refractivity contribution in [2.24, 2.45) is 11.8 Å². The maximum absolute atomic E-state index is 13.8. The summed E-state index contributed by atoms with van der Waals surface area (Å²) >= 11 is 5.92. The molecule has 1 saturated heterocycles. The largest absolute Gasteiger partial charge is 0.391 e. The lowest BCUT2D eigenvalue weighted by molar-refractivity contribution is -0.140. The van der Waals surface area contributed by atoms with Crippen LogP contribution in [0.3, 0.4) is 0 Å². The molecule has 4 N–H and O–H groups in total. The van der Waals surface area contributed by atoms with Crippen molar-refractivity contribution >= 4 is 23.4 Å². The normalized spacial score (nSPS) is 44.4. The lowest BCUT2D eigenvalue weighted by atomic mass is 9.59. The molecule has 6 unspecified atom stereocenters. The molecule has 6 atom stereocenters. The summed E-state index contributed by atoms with van der Waals surface area (Å²) in [7, 11) is 0. The predicted molar refractivity (Wildman–Crippen MR) is 126 cm³/mol. The van der Waals surface area contributed by atoms with Gasteiger partial charge in [-0.05, 0) is 89.0 Å². The van der Waals surface area contributed by atoms with E-state index in [0.717, 1.165) is 44.1 Å². The Labute approximate surface area is 206 Å². The first-order valence-electron chi connectivity index (χ1n) is 13.2. The average molecular weight is 500 g/mol. The van der Waals surface area contributed by atoms with Crippen molar-refractivity contribution < 1.29 is 23.8 Å². The van der Waals surface area contributed by atoms with E-state index in [1.54, 1.807) is 0 Å². The molecule has 1 heterocycles. The van der Waals surface area contributed by atoms with Crippen LogP contribution in [0.15, 0.2) is 0 Å². The minimum Gasteiger partial charge on any atom is -0.391 e. The third-order valence-corrected chi connectivity index (χ3v) is 9.74. The molecular formula is C25H39ClFN3O4. The maximum atomic E-state index is 13.8. The Morgan fingerprint density at radius 1 is 1.03 bits per heavy atom. The fourth-order valence-corrected chi connectivity index (χ4v) is 7.01. The number of nitrogens with one attached hydrogen (secondary N) is 3. The molecule has 0 aromatic heterocycles. The van der Waals surface area contributed by atoms with Crippen LogP contribution in [0.1, 0.15) is 77.0 Å². The molecule has 6 rings (SSSR count). The van der Waals surface area contributed by atoms with Gasteiger partial charge in [0.1, 0.15) is 12.8 Å². The first kappa shape index (κ1) is 24.7. The highest BCUT2D eigenvalue weighted by atomic mass is 35.5. The van der Waals surface area contributed by atoms with Crippen LogP contribution in [0.5, 0.6) is 0 Å². The molecule has 0 spiro atoms. The van der Waals surface area contributed by atoms with Crippen molar-refractivity contribution in [2.75, 3.05) is 13.2 Å². The second-order valence-electron chi connectivity index (χ2n) is 11.6. The number of aliphatic hydroxyl groups excluding tert-OH is 1. The van der Waals surface area contributed by atoms with Gasteiger partial charge in [0, 0.05) is 12.0 Å². The van der Waals surface area contributed by atoms with Gasteiger partial charge in [-0.1, -0.05) is 0 Å². The Morgan fingerprint density at radius 2 is 1.76 bits per heavy atom. The second-order valence-corrected chi connectivity index (χ2v) is 12.2. The molecule has 0 radical (unpaired) electrons. The number of amides is 2. The average Bonchev–Trinajstić information content (AvgIpc) is 3.67. The van der Waals surface area contributed by atoms with Crippen LogP contribution in [0.4, 0.5) is 4.39 Å². The van der Waals surface area contributed by atoms with Crippen molar-refractivity contribution in [3.63, 3.8) is 0 Å². The van der Waals surface area contributed by atoms with Crippen LogP contribution >= 0.6 is 11.6 Å². The fourth-order valence-electron chi connectivity index (χ4n) is 6.78. The van der Waals surface area contributed by atoms with E-state index in [2.05, 4.69) is 16.0 Å². The van der Waals surface area contributed by atoms with E-state index < -0.39 is 28.7 Å².